The van der Waals surface area contributed by atoms with Crippen LogP contribution in [0.5, 0.6) is 0 Å². The van der Waals surface area contributed by atoms with Crippen molar-refractivity contribution in [3.8, 4) is 0 Å². The van der Waals surface area contributed by atoms with Crippen molar-refractivity contribution in [2.75, 3.05) is 0 Å². The minimum atomic E-state index is -0.197. The molecule has 0 aliphatic rings. The maximum absolute atomic E-state index is 11.6. The van der Waals surface area contributed by atoms with Gasteiger partial charge >= 0.3 is 0 Å². The highest BCUT2D eigenvalue weighted by Gasteiger charge is 2.15. The molecule has 0 amide bonds. The quantitative estimate of drug-likeness (QED) is 0.647. The summed E-state index contributed by atoms with van der Waals surface area (Å²) in [5, 5.41) is 0. The van der Waals surface area contributed by atoms with Gasteiger partial charge < -0.3 is 8.98 Å². The number of aryl methyl sites for hydroxylation is 1. The van der Waals surface area contributed by atoms with E-state index < -0.39 is 0 Å². The highest BCUT2D eigenvalue weighted by molar-refractivity contribution is 6.04. The fourth-order valence-corrected chi connectivity index (χ4v) is 1.10. The second kappa shape index (κ2) is 2.90. The van der Waals surface area contributed by atoms with Crippen molar-refractivity contribution in [1.29, 1.82) is 0 Å². The summed E-state index contributed by atoms with van der Waals surface area (Å²) in [7, 11) is 1.77. The van der Waals surface area contributed by atoms with E-state index in [1.807, 2.05) is 0 Å². The molecule has 0 fully saturated rings. The standard InChI is InChI=1S/C9H8N2O2/c1-11-5-4-10-9(11)8(12)7-3-2-6-13-7/h2-6H,1H3. The first-order valence-electron chi connectivity index (χ1n) is 3.84. The molecular weight excluding hydrogens is 168 g/mol. The molecule has 0 N–H and O–H groups in total. The highest BCUT2D eigenvalue weighted by atomic mass is 16.3. The molecule has 0 saturated carbocycles. The number of carbonyl (C=O) groups is 1. The van der Waals surface area contributed by atoms with Gasteiger partial charge in [0.2, 0.25) is 0 Å². The second-order valence-electron chi connectivity index (χ2n) is 2.67. The monoisotopic (exact) mass is 176 g/mol. The maximum atomic E-state index is 11.6. The number of rotatable bonds is 2. The molecule has 0 radical (unpaired) electrons. The largest absolute Gasteiger partial charge is 0.461 e. The molecule has 2 aromatic rings. The first kappa shape index (κ1) is 7.79. The van der Waals surface area contributed by atoms with E-state index in [0.29, 0.717) is 11.6 Å². The lowest BCUT2D eigenvalue weighted by molar-refractivity contribution is 0.0996. The lowest BCUT2D eigenvalue weighted by Gasteiger charge is -1.96. The Morgan fingerprint density at radius 3 is 3.00 bits per heavy atom. The highest BCUT2D eigenvalue weighted by Crippen LogP contribution is 2.07. The van der Waals surface area contributed by atoms with Gasteiger partial charge in [-0.05, 0) is 12.1 Å². The lowest BCUT2D eigenvalue weighted by atomic mass is 10.3. The van der Waals surface area contributed by atoms with Gasteiger partial charge in [-0.15, -0.1) is 0 Å². The molecule has 0 aromatic carbocycles. The van der Waals surface area contributed by atoms with Crippen molar-refractivity contribution < 1.29 is 9.21 Å². The fraction of sp³-hybridized carbons (Fsp3) is 0.111. The Balaban J connectivity index is 2.39. The van der Waals surface area contributed by atoms with Crippen LogP contribution in [0.25, 0.3) is 0 Å². The van der Waals surface area contributed by atoms with Crippen molar-refractivity contribution in [3.05, 3.63) is 42.4 Å². The third-order valence-corrected chi connectivity index (χ3v) is 1.77. The molecule has 4 heteroatoms. The van der Waals surface area contributed by atoms with Crippen molar-refractivity contribution in [2.24, 2.45) is 7.05 Å². The van der Waals surface area contributed by atoms with Crippen molar-refractivity contribution >= 4 is 5.78 Å². The van der Waals surface area contributed by atoms with Gasteiger partial charge in [0.1, 0.15) is 0 Å². The molecule has 2 rings (SSSR count). The fourth-order valence-electron chi connectivity index (χ4n) is 1.10. The van der Waals surface area contributed by atoms with Crippen LogP contribution in [0.2, 0.25) is 0 Å². The maximum Gasteiger partial charge on any atom is 0.263 e. The number of furan rings is 1. The normalized spacial score (nSPS) is 10.2. The number of nitrogens with zero attached hydrogens (tertiary/aromatic N) is 2. The summed E-state index contributed by atoms with van der Waals surface area (Å²) < 4.78 is 6.63. The first-order chi connectivity index (χ1) is 6.29. The van der Waals surface area contributed by atoms with Crippen LogP contribution in [0.3, 0.4) is 0 Å². The van der Waals surface area contributed by atoms with Crippen LogP contribution < -0.4 is 0 Å². The van der Waals surface area contributed by atoms with E-state index in [1.165, 1.54) is 6.26 Å². The first-order valence-corrected chi connectivity index (χ1v) is 3.84. The van der Waals surface area contributed by atoms with Crippen molar-refractivity contribution in [2.45, 2.75) is 0 Å². The predicted octanol–water partition coefficient (Wildman–Crippen LogP) is 1.24. The average Bonchev–Trinajstić information content (AvgIpc) is 2.72. The molecule has 0 aliphatic carbocycles. The molecule has 0 bridgehead atoms. The second-order valence-corrected chi connectivity index (χ2v) is 2.67. The zero-order chi connectivity index (χ0) is 9.26. The van der Waals surface area contributed by atoms with Gasteiger partial charge in [0.15, 0.2) is 11.6 Å². The van der Waals surface area contributed by atoms with Crippen LogP contribution in [-0.2, 0) is 7.05 Å². The van der Waals surface area contributed by atoms with Crippen LogP contribution in [0.15, 0.2) is 35.2 Å². The summed E-state index contributed by atoms with van der Waals surface area (Å²) in [6, 6.07) is 3.30. The Morgan fingerprint density at radius 2 is 2.46 bits per heavy atom. The van der Waals surface area contributed by atoms with Crippen LogP contribution in [0.4, 0.5) is 0 Å². The lowest BCUT2D eigenvalue weighted by Crippen LogP contribution is -2.07. The molecule has 0 aliphatic heterocycles. The van der Waals surface area contributed by atoms with E-state index in [4.69, 9.17) is 4.42 Å². The Kier molecular flexibility index (Phi) is 1.73. The van der Waals surface area contributed by atoms with Gasteiger partial charge in [0.05, 0.1) is 6.26 Å². The molecule has 0 unspecified atom stereocenters. The van der Waals surface area contributed by atoms with Crippen LogP contribution in [-0.4, -0.2) is 15.3 Å². The van der Waals surface area contributed by atoms with Crippen LogP contribution in [0, 0.1) is 0 Å². The Bertz CT molecular complexity index is 415. The predicted molar refractivity (Wildman–Crippen MR) is 45.3 cm³/mol. The molecule has 0 saturated heterocycles. The number of imidazole rings is 1. The average molecular weight is 176 g/mol. The van der Waals surface area contributed by atoms with E-state index >= 15 is 0 Å². The minimum Gasteiger partial charge on any atom is -0.461 e. The summed E-state index contributed by atoms with van der Waals surface area (Å²) in [6.45, 7) is 0. The van der Waals surface area contributed by atoms with Crippen LogP contribution in [0.1, 0.15) is 16.4 Å². The molecule has 66 valence electrons. The molecule has 2 heterocycles. The Morgan fingerprint density at radius 1 is 1.62 bits per heavy atom. The molecular formula is C9H8N2O2. The number of carbonyl (C=O) groups excluding carboxylic acids is 1. The van der Waals surface area contributed by atoms with Gasteiger partial charge in [-0.3, -0.25) is 4.79 Å². The summed E-state index contributed by atoms with van der Waals surface area (Å²) in [5.41, 5.74) is 0. The van der Waals surface area contributed by atoms with Crippen molar-refractivity contribution in [3.63, 3.8) is 0 Å². The zero-order valence-corrected chi connectivity index (χ0v) is 7.10. The van der Waals surface area contributed by atoms with E-state index in [1.54, 1.807) is 36.1 Å². The van der Waals surface area contributed by atoms with E-state index in [-0.39, 0.29) is 5.78 Å². The summed E-state index contributed by atoms with van der Waals surface area (Å²) >= 11 is 0. The van der Waals surface area contributed by atoms with Gasteiger partial charge in [-0.1, -0.05) is 0 Å². The Labute approximate surface area is 74.8 Å². The third kappa shape index (κ3) is 1.26. The third-order valence-electron chi connectivity index (χ3n) is 1.77. The SMILES string of the molecule is Cn1ccnc1C(=O)c1ccco1. The molecule has 13 heavy (non-hydrogen) atoms. The van der Waals surface area contributed by atoms with E-state index in [0.717, 1.165) is 0 Å². The summed E-state index contributed by atoms with van der Waals surface area (Å²) in [5.74, 6) is 0.502. The molecule has 2 aromatic heterocycles. The topological polar surface area (TPSA) is 48.0 Å². The van der Waals surface area contributed by atoms with Crippen molar-refractivity contribution in [1.82, 2.24) is 9.55 Å². The minimum absolute atomic E-state index is 0.197. The molecule has 0 spiro atoms. The summed E-state index contributed by atoms with van der Waals surface area (Å²) in [4.78, 5) is 15.5. The smallest absolute Gasteiger partial charge is 0.263 e. The summed E-state index contributed by atoms with van der Waals surface area (Å²) in [6.07, 6.45) is 4.77. The van der Waals surface area contributed by atoms with Crippen LogP contribution >= 0.6 is 0 Å². The molecule has 0 atom stereocenters. The number of hydrogen-bond donors (Lipinski definition) is 0. The number of aromatic nitrogens is 2. The van der Waals surface area contributed by atoms with Gasteiger partial charge in [0, 0.05) is 19.4 Å². The van der Waals surface area contributed by atoms with E-state index in [2.05, 4.69) is 4.98 Å². The van der Waals surface area contributed by atoms with Gasteiger partial charge in [-0.2, -0.15) is 0 Å². The number of ketones is 1. The van der Waals surface area contributed by atoms with Gasteiger partial charge in [-0.25, -0.2) is 4.98 Å². The molecule has 4 nitrogen and oxygen atoms in total. The zero-order valence-electron chi connectivity index (χ0n) is 7.10. The van der Waals surface area contributed by atoms with Gasteiger partial charge in [0.25, 0.3) is 5.78 Å². The number of hydrogen-bond acceptors (Lipinski definition) is 3. The Hall–Kier alpha value is -1.84. The van der Waals surface area contributed by atoms with E-state index in [9.17, 15) is 4.79 Å².